The van der Waals surface area contributed by atoms with Crippen molar-refractivity contribution < 1.29 is 18.0 Å². The average Bonchev–Trinajstić information content (AvgIpc) is 2.45. The molecule has 0 aliphatic carbocycles. The Labute approximate surface area is 120 Å². The predicted octanol–water partition coefficient (Wildman–Crippen LogP) is 3.68. The molecule has 0 aliphatic rings. The molecule has 2 aromatic carbocycles. The summed E-state index contributed by atoms with van der Waals surface area (Å²) in [6.45, 7) is 1.70. The van der Waals surface area contributed by atoms with Gasteiger partial charge >= 0.3 is 0 Å². The molecule has 0 saturated heterocycles. The van der Waals surface area contributed by atoms with Crippen LogP contribution in [-0.4, -0.2) is 17.9 Å². The van der Waals surface area contributed by atoms with E-state index in [0.29, 0.717) is 16.7 Å². The van der Waals surface area contributed by atoms with Gasteiger partial charge in [0.15, 0.2) is 11.6 Å². The van der Waals surface area contributed by atoms with Crippen molar-refractivity contribution in [3.63, 3.8) is 0 Å². The summed E-state index contributed by atoms with van der Waals surface area (Å²) >= 11 is 0. The Morgan fingerprint density at radius 3 is 2.29 bits per heavy atom. The van der Waals surface area contributed by atoms with Gasteiger partial charge in [0.05, 0.1) is 0 Å². The highest BCUT2D eigenvalue weighted by Crippen LogP contribution is 2.14. The fourth-order valence-electron chi connectivity index (χ4n) is 1.98. The van der Waals surface area contributed by atoms with E-state index in [0.717, 1.165) is 12.1 Å². The van der Waals surface area contributed by atoms with E-state index in [9.17, 15) is 18.0 Å². The molecule has 0 aromatic heterocycles. The van der Waals surface area contributed by atoms with E-state index in [1.165, 1.54) is 29.2 Å². The van der Waals surface area contributed by atoms with E-state index >= 15 is 0 Å². The highest BCUT2D eigenvalue weighted by Gasteiger charge is 2.14. The molecular weight excluding hydrogens is 279 g/mol. The standard InChI is InChI=1S/C16H14F3NO/c1-10-7-12(4-6-13(10)17)16(21)20(2)9-11-3-5-14(18)15(19)8-11/h3-8H,9H2,1-2H3. The van der Waals surface area contributed by atoms with Crippen LogP contribution in [0.15, 0.2) is 36.4 Å². The molecule has 110 valence electrons. The zero-order valence-electron chi connectivity index (χ0n) is 11.7. The molecule has 2 aromatic rings. The highest BCUT2D eigenvalue weighted by atomic mass is 19.2. The lowest BCUT2D eigenvalue weighted by Crippen LogP contribution is -2.26. The van der Waals surface area contributed by atoms with Crippen LogP contribution in [0.25, 0.3) is 0 Å². The van der Waals surface area contributed by atoms with Gasteiger partial charge in [0.2, 0.25) is 0 Å². The quantitative estimate of drug-likeness (QED) is 0.845. The minimum Gasteiger partial charge on any atom is -0.337 e. The first kappa shape index (κ1) is 15.1. The molecule has 0 bridgehead atoms. The summed E-state index contributed by atoms with van der Waals surface area (Å²) in [5.74, 6) is -2.58. The molecule has 0 heterocycles. The number of aryl methyl sites for hydroxylation is 1. The summed E-state index contributed by atoms with van der Waals surface area (Å²) in [6, 6.07) is 7.57. The highest BCUT2D eigenvalue weighted by molar-refractivity contribution is 5.94. The Morgan fingerprint density at radius 2 is 1.67 bits per heavy atom. The average molecular weight is 293 g/mol. The Morgan fingerprint density at radius 1 is 1.00 bits per heavy atom. The summed E-state index contributed by atoms with van der Waals surface area (Å²) in [5, 5.41) is 0. The van der Waals surface area contributed by atoms with Gasteiger partial charge in [-0.05, 0) is 48.4 Å². The predicted molar refractivity (Wildman–Crippen MR) is 73.3 cm³/mol. The van der Waals surface area contributed by atoms with Crippen LogP contribution in [0, 0.1) is 24.4 Å². The van der Waals surface area contributed by atoms with Crippen molar-refractivity contribution in [2.24, 2.45) is 0 Å². The van der Waals surface area contributed by atoms with Gasteiger partial charge in [-0.15, -0.1) is 0 Å². The molecule has 0 aliphatic heterocycles. The van der Waals surface area contributed by atoms with Gasteiger partial charge in [0, 0.05) is 19.2 Å². The van der Waals surface area contributed by atoms with Crippen molar-refractivity contribution in [1.29, 1.82) is 0 Å². The normalized spacial score (nSPS) is 10.5. The zero-order valence-corrected chi connectivity index (χ0v) is 11.7. The van der Waals surface area contributed by atoms with Crippen LogP contribution in [0.3, 0.4) is 0 Å². The Balaban J connectivity index is 2.15. The van der Waals surface area contributed by atoms with Crippen LogP contribution in [-0.2, 0) is 6.54 Å². The second kappa shape index (κ2) is 5.99. The smallest absolute Gasteiger partial charge is 0.253 e. The summed E-state index contributed by atoms with van der Waals surface area (Å²) in [6.07, 6.45) is 0. The van der Waals surface area contributed by atoms with Crippen molar-refractivity contribution in [3.8, 4) is 0 Å². The maximum Gasteiger partial charge on any atom is 0.253 e. The number of halogens is 3. The fraction of sp³-hybridized carbons (Fsp3) is 0.188. The molecule has 0 spiro atoms. The van der Waals surface area contributed by atoms with E-state index < -0.39 is 11.6 Å². The van der Waals surface area contributed by atoms with E-state index in [4.69, 9.17) is 0 Å². The van der Waals surface area contributed by atoms with E-state index in [1.54, 1.807) is 14.0 Å². The van der Waals surface area contributed by atoms with Crippen LogP contribution in [0.4, 0.5) is 13.2 Å². The Kier molecular flexibility index (Phi) is 4.31. The van der Waals surface area contributed by atoms with Crippen LogP contribution in [0.5, 0.6) is 0 Å². The SMILES string of the molecule is Cc1cc(C(=O)N(C)Cc2ccc(F)c(F)c2)ccc1F. The Bertz CT molecular complexity index is 685. The van der Waals surface area contributed by atoms with Gasteiger partial charge in [-0.25, -0.2) is 13.2 Å². The van der Waals surface area contributed by atoms with Crippen molar-refractivity contribution in [2.45, 2.75) is 13.5 Å². The summed E-state index contributed by atoms with van der Waals surface area (Å²) < 4.78 is 39.2. The third kappa shape index (κ3) is 3.42. The summed E-state index contributed by atoms with van der Waals surface area (Å²) in [5.41, 5.74) is 1.20. The number of hydrogen-bond donors (Lipinski definition) is 0. The van der Waals surface area contributed by atoms with Gasteiger partial charge in [-0.3, -0.25) is 4.79 Å². The van der Waals surface area contributed by atoms with Crippen molar-refractivity contribution in [2.75, 3.05) is 7.05 Å². The van der Waals surface area contributed by atoms with E-state index in [2.05, 4.69) is 0 Å². The molecule has 2 rings (SSSR count). The maximum atomic E-state index is 13.2. The largest absolute Gasteiger partial charge is 0.337 e. The first-order valence-electron chi connectivity index (χ1n) is 6.34. The maximum absolute atomic E-state index is 13.2. The van der Waals surface area contributed by atoms with Gasteiger partial charge in [-0.2, -0.15) is 0 Å². The molecule has 0 N–H and O–H groups in total. The third-order valence-electron chi connectivity index (χ3n) is 3.16. The minimum absolute atomic E-state index is 0.131. The number of nitrogens with zero attached hydrogens (tertiary/aromatic N) is 1. The first-order chi connectivity index (χ1) is 9.88. The van der Waals surface area contributed by atoms with Gasteiger partial charge in [0.1, 0.15) is 5.82 Å². The zero-order chi connectivity index (χ0) is 15.6. The van der Waals surface area contributed by atoms with Gasteiger partial charge in [-0.1, -0.05) is 6.07 Å². The molecule has 0 unspecified atom stereocenters. The lowest BCUT2D eigenvalue weighted by molar-refractivity contribution is 0.0784. The van der Waals surface area contributed by atoms with Gasteiger partial charge in [0.25, 0.3) is 5.91 Å². The number of benzene rings is 2. The van der Waals surface area contributed by atoms with Crippen LogP contribution in [0.2, 0.25) is 0 Å². The van der Waals surface area contributed by atoms with E-state index in [1.807, 2.05) is 0 Å². The van der Waals surface area contributed by atoms with Crippen LogP contribution >= 0.6 is 0 Å². The number of carbonyl (C=O) groups is 1. The Hall–Kier alpha value is -2.30. The topological polar surface area (TPSA) is 20.3 Å². The molecule has 0 saturated carbocycles. The van der Waals surface area contributed by atoms with Crippen molar-refractivity contribution in [1.82, 2.24) is 4.90 Å². The molecular formula is C16H14F3NO. The number of amides is 1. The van der Waals surface area contributed by atoms with Crippen LogP contribution in [0.1, 0.15) is 21.5 Å². The van der Waals surface area contributed by atoms with E-state index in [-0.39, 0.29) is 18.3 Å². The van der Waals surface area contributed by atoms with Gasteiger partial charge < -0.3 is 4.90 Å². The molecule has 21 heavy (non-hydrogen) atoms. The summed E-state index contributed by atoms with van der Waals surface area (Å²) in [7, 11) is 1.54. The number of rotatable bonds is 3. The lowest BCUT2D eigenvalue weighted by atomic mass is 10.1. The lowest BCUT2D eigenvalue weighted by Gasteiger charge is -2.18. The second-order valence-electron chi connectivity index (χ2n) is 4.87. The molecule has 1 amide bonds. The van der Waals surface area contributed by atoms with Crippen molar-refractivity contribution in [3.05, 3.63) is 70.5 Å². The summed E-state index contributed by atoms with van der Waals surface area (Å²) in [4.78, 5) is 13.6. The first-order valence-corrected chi connectivity index (χ1v) is 6.34. The molecule has 5 heteroatoms. The number of hydrogen-bond acceptors (Lipinski definition) is 1. The molecule has 0 radical (unpaired) electrons. The molecule has 2 nitrogen and oxygen atoms in total. The van der Waals surface area contributed by atoms with Crippen LogP contribution < -0.4 is 0 Å². The second-order valence-corrected chi connectivity index (χ2v) is 4.87. The molecule has 0 fully saturated rings. The fourth-order valence-corrected chi connectivity index (χ4v) is 1.98. The molecule has 0 atom stereocenters. The van der Waals surface area contributed by atoms with Crippen molar-refractivity contribution >= 4 is 5.91 Å². The monoisotopic (exact) mass is 293 g/mol. The number of carbonyl (C=O) groups excluding carboxylic acids is 1. The minimum atomic E-state index is -0.953. The third-order valence-corrected chi connectivity index (χ3v) is 3.16.